The number of halogens is 3. The molecule has 1 unspecified atom stereocenters. The van der Waals surface area contributed by atoms with Crippen LogP contribution in [0.5, 0.6) is 0 Å². The van der Waals surface area contributed by atoms with Crippen LogP contribution in [-0.2, 0) is 14.3 Å². The Morgan fingerprint density at radius 3 is 2.29 bits per heavy atom. The highest BCUT2D eigenvalue weighted by Gasteiger charge is 2.26. The Balaban J connectivity index is 2.89. The lowest BCUT2D eigenvalue weighted by molar-refractivity contribution is 0.0955. The van der Waals surface area contributed by atoms with Gasteiger partial charge >= 0.3 is 0 Å². The number of nitrogens with one attached hydrogen (secondary N) is 1. The first kappa shape index (κ1) is 22.3. The number of hydrogen-bond acceptors (Lipinski definition) is 4. The van der Waals surface area contributed by atoms with Crippen molar-refractivity contribution < 1.29 is 26.2 Å². The summed E-state index contributed by atoms with van der Waals surface area (Å²) in [4.78, 5) is 12.7. The predicted octanol–water partition coefficient (Wildman–Crippen LogP) is 4.38. The molecule has 2 rings (SSSR count). The lowest BCUT2D eigenvalue weighted by atomic mass is 9.88. The molecule has 0 spiro atoms. The maximum Gasteiger partial charge on any atom is 0.264 e. The first-order valence-corrected chi connectivity index (χ1v) is 10.6. The Morgan fingerprint density at radius 1 is 1.21 bits per heavy atom. The van der Waals surface area contributed by atoms with Crippen molar-refractivity contribution in [3.05, 3.63) is 57.6 Å². The Labute approximate surface area is 167 Å². The number of carbonyl (C=O) groups is 1. The third kappa shape index (κ3) is 5.06. The second-order valence-corrected chi connectivity index (χ2v) is 8.29. The molecular weight excluding hydrogens is 412 g/mol. The Bertz CT molecular complexity index is 1000. The van der Waals surface area contributed by atoms with Gasteiger partial charge in [0.25, 0.3) is 16.0 Å². The number of amides is 1. The molecule has 0 aliphatic carbocycles. The Morgan fingerprint density at radius 2 is 1.79 bits per heavy atom. The van der Waals surface area contributed by atoms with Gasteiger partial charge in [0.05, 0.1) is 17.9 Å². The summed E-state index contributed by atoms with van der Waals surface area (Å²) in [6.45, 7) is 5.07. The molecule has 1 N–H and O–H groups in total. The van der Waals surface area contributed by atoms with Crippen LogP contribution >= 0.6 is 11.6 Å². The molecule has 2 aromatic rings. The first-order chi connectivity index (χ1) is 12.9. The average Bonchev–Trinajstić information content (AvgIpc) is 2.54. The van der Waals surface area contributed by atoms with Crippen LogP contribution in [0.4, 0.5) is 8.78 Å². The highest BCUT2D eigenvalue weighted by atomic mass is 35.5. The third-order valence-electron chi connectivity index (χ3n) is 4.03. The van der Waals surface area contributed by atoms with Crippen LogP contribution in [0.1, 0.15) is 41.4 Å². The van der Waals surface area contributed by atoms with Crippen LogP contribution in [-0.4, -0.2) is 27.1 Å². The minimum Gasteiger partial charge on any atom is -0.352 e. The summed E-state index contributed by atoms with van der Waals surface area (Å²) in [6.07, 6.45) is -0.173. The van der Waals surface area contributed by atoms with Gasteiger partial charge in [-0.1, -0.05) is 11.6 Å². The second kappa shape index (κ2) is 8.55. The van der Waals surface area contributed by atoms with Crippen molar-refractivity contribution in [2.75, 3.05) is 12.8 Å². The predicted molar refractivity (Wildman–Crippen MR) is 104 cm³/mol. The van der Waals surface area contributed by atoms with Gasteiger partial charge in [-0.2, -0.15) is 8.42 Å². The summed E-state index contributed by atoms with van der Waals surface area (Å²) < 4.78 is 56.0. The second-order valence-electron chi connectivity index (χ2n) is 6.28. The van der Waals surface area contributed by atoms with E-state index in [9.17, 15) is 22.0 Å². The number of rotatable bonds is 6. The maximum absolute atomic E-state index is 13.9. The molecule has 0 fully saturated rings. The lowest BCUT2D eigenvalue weighted by Crippen LogP contribution is -2.25. The molecule has 0 aromatic heterocycles. The van der Waals surface area contributed by atoms with Gasteiger partial charge in [-0.25, -0.2) is 8.78 Å². The summed E-state index contributed by atoms with van der Waals surface area (Å²) in [5.74, 6) is -2.19. The molecule has 2 aromatic carbocycles. The normalized spacial score (nSPS) is 12.7. The SMILES string of the molecule is CCNC(=O)c1c(C)c(Cl)cc(C(C)OS(C)(=O)=O)c1-c1cc(F)cc(F)c1. The zero-order valence-electron chi connectivity index (χ0n) is 15.8. The molecule has 0 saturated heterocycles. The molecule has 9 heteroatoms. The minimum absolute atomic E-state index is 0.0671. The first-order valence-electron chi connectivity index (χ1n) is 8.40. The van der Waals surface area contributed by atoms with Crippen molar-refractivity contribution in [2.45, 2.75) is 26.9 Å². The molecule has 0 bridgehead atoms. The van der Waals surface area contributed by atoms with E-state index in [2.05, 4.69) is 5.32 Å². The van der Waals surface area contributed by atoms with Crippen LogP contribution in [0, 0.1) is 18.6 Å². The van der Waals surface area contributed by atoms with Crippen LogP contribution in [0.2, 0.25) is 5.02 Å². The topological polar surface area (TPSA) is 72.5 Å². The van der Waals surface area contributed by atoms with Gasteiger partial charge in [-0.15, -0.1) is 0 Å². The van der Waals surface area contributed by atoms with Crippen LogP contribution in [0.25, 0.3) is 11.1 Å². The van der Waals surface area contributed by atoms with E-state index < -0.39 is 33.8 Å². The van der Waals surface area contributed by atoms with E-state index >= 15 is 0 Å². The van der Waals surface area contributed by atoms with Crippen LogP contribution in [0.15, 0.2) is 24.3 Å². The fraction of sp³-hybridized carbons (Fsp3) is 0.316. The number of benzene rings is 2. The molecule has 1 atom stereocenters. The lowest BCUT2D eigenvalue weighted by Gasteiger charge is -2.22. The average molecular weight is 432 g/mol. The van der Waals surface area contributed by atoms with Crippen LogP contribution in [0.3, 0.4) is 0 Å². The monoisotopic (exact) mass is 431 g/mol. The fourth-order valence-electron chi connectivity index (χ4n) is 2.94. The van der Waals surface area contributed by atoms with Gasteiger partial charge in [-0.3, -0.25) is 8.98 Å². The smallest absolute Gasteiger partial charge is 0.264 e. The summed E-state index contributed by atoms with van der Waals surface area (Å²) in [5, 5.41) is 2.83. The summed E-state index contributed by atoms with van der Waals surface area (Å²) >= 11 is 6.27. The van der Waals surface area contributed by atoms with Gasteiger partial charge < -0.3 is 5.32 Å². The molecule has 152 valence electrons. The largest absolute Gasteiger partial charge is 0.352 e. The van der Waals surface area contributed by atoms with Crippen molar-refractivity contribution in [3.63, 3.8) is 0 Å². The van der Waals surface area contributed by atoms with Gasteiger partial charge in [0.1, 0.15) is 11.6 Å². The summed E-state index contributed by atoms with van der Waals surface area (Å²) in [7, 11) is -3.84. The number of carbonyl (C=O) groups excluding carboxylic acids is 1. The standard InChI is InChI=1S/C19H20ClF2NO4S/c1-5-23-19(24)17-10(2)16(20)9-15(11(3)27-28(4,25)26)18(17)12-6-13(21)8-14(22)7-12/h6-9,11H,5H2,1-4H3,(H,23,24). The van der Waals surface area contributed by atoms with Crippen molar-refractivity contribution >= 4 is 27.6 Å². The fourth-order valence-corrected chi connectivity index (χ4v) is 3.78. The molecule has 0 heterocycles. The molecular formula is C19H20ClF2NO4S. The molecule has 0 saturated carbocycles. The highest BCUT2D eigenvalue weighted by molar-refractivity contribution is 7.86. The van der Waals surface area contributed by atoms with Gasteiger partial charge in [0.15, 0.2) is 0 Å². The van der Waals surface area contributed by atoms with E-state index in [4.69, 9.17) is 15.8 Å². The summed E-state index contributed by atoms with van der Waals surface area (Å²) in [5.41, 5.74) is 0.924. The zero-order valence-corrected chi connectivity index (χ0v) is 17.3. The van der Waals surface area contributed by atoms with Crippen molar-refractivity contribution in [2.24, 2.45) is 0 Å². The molecule has 28 heavy (non-hydrogen) atoms. The van der Waals surface area contributed by atoms with E-state index in [1.807, 2.05) is 0 Å². The van der Waals surface area contributed by atoms with Gasteiger partial charge in [-0.05, 0) is 55.7 Å². The minimum atomic E-state index is -3.84. The molecule has 5 nitrogen and oxygen atoms in total. The molecule has 0 aliphatic heterocycles. The Hall–Kier alpha value is -2.03. The Kier molecular flexibility index (Phi) is 6.80. The highest BCUT2D eigenvalue weighted by Crippen LogP contribution is 2.39. The van der Waals surface area contributed by atoms with Crippen molar-refractivity contribution in [3.8, 4) is 11.1 Å². The van der Waals surface area contributed by atoms with Crippen molar-refractivity contribution in [1.29, 1.82) is 0 Å². The van der Waals surface area contributed by atoms with E-state index in [1.54, 1.807) is 13.8 Å². The maximum atomic E-state index is 13.9. The van der Waals surface area contributed by atoms with Gasteiger partial charge in [0, 0.05) is 23.2 Å². The molecule has 1 amide bonds. The third-order valence-corrected chi connectivity index (χ3v) is 5.06. The quantitative estimate of drug-likeness (QED) is 0.689. The van der Waals surface area contributed by atoms with E-state index in [0.29, 0.717) is 18.2 Å². The van der Waals surface area contributed by atoms with Crippen molar-refractivity contribution in [1.82, 2.24) is 5.32 Å². The number of hydrogen-bond donors (Lipinski definition) is 1. The van der Waals surface area contributed by atoms with Gasteiger partial charge in [0.2, 0.25) is 0 Å². The van der Waals surface area contributed by atoms with E-state index in [0.717, 1.165) is 18.4 Å². The van der Waals surface area contributed by atoms with E-state index in [-0.39, 0.29) is 27.3 Å². The molecule has 0 aliphatic rings. The van der Waals surface area contributed by atoms with E-state index in [1.165, 1.54) is 13.0 Å². The van der Waals surface area contributed by atoms with Crippen LogP contribution < -0.4 is 5.32 Å². The zero-order chi connectivity index (χ0) is 21.2. The molecule has 0 radical (unpaired) electrons. The summed E-state index contributed by atoms with van der Waals surface area (Å²) in [6, 6.07) is 4.26.